The minimum Gasteiger partial charge on any atom is -0.396 e. The van der Waals surface area contributed by atoms with Crippen LogP contribution in [-0.2, 0) is 14.4 Å². The maximum atomic E-state index is 13.8. The first-order chi connectivity index (χ1) is 16.8. The van der Waals surface area contributed by atoms with Crippen LogP contribution in [0.25, 0.3) is 0 Å². The molecular formula is C25H35BrN4O4S. The Morgan fingerprint density at radius 1 is 1.20 bits per heavy atom. The smallest absolute Gasteiger partial charge is 0.248 e. The van der Waals surface area contributed by atoms with Gasteiger partial charge in [0.15, 0.2) is 0 Å². The molecule has 1 aromatic carbocycles. The Kier molecular flexibility index (Phi) is 8.02. The summed E-state index contributed by atoms with van der Waals surface area (Å²) in [6.45, 7) is 6.43. The van der Waals surface area contributed by atoms with Gasteiger partial charge in [-0.3, -0.25) is 14.4 Å². The van der Waals surface area contributed by atoms with Crippen molar-refractivity contribution >= 4 is 56.8 Å². The van der Waals surface area contributed by atoms with Gasteiger partial charge in [0.05, 0.1) is 16.6 Å². The van der Waals surface area contributed by atoms with Gasteiger partial charge in [-0.1, -0.05) is 15.9 Å². The average molecular weight is 568 g/mol. The Balaban J connectivity index is 1.63. The number of thioether (sulfide) groups is 1. The summed E-state index contributed by atoms with van der Waals surface area (Å²) in [6.07, 6.45) is 1.81. The molecule has 10 heteroatoms. The molecule has 3 N–H and O–H groups in total. The van der Waals surface area contributed by atoms with E-state index in [2.05, 4.69) is 45.3 Å². The van der Waals surface area contributed by atoms with Gasteiger partial charge in [0.25, 0.3) is 0 Å². The Labute approximate surface area is 219 Å². The highest BCUT2D eigenvalue weighted by atomic mass is 79.9. The van der Waals surface area contributed by atoms with Gasteiger partial charge < -0.3 is 25.5 Å². The van der Waals surface area contributed by atoms with Crippen LogP contribution < -0.4 is 15.5 Å². The van der Waals surface area contributed by atoms with Crippen LogP contribution in [0.3, 0.4) is 0 Å². The van der Waals surface area contributed by atoms with E-state index in [9.17, 15) is 19.5 Å². The van der Waals surface area contributed by atoms with Gasteiger partial charge in [-0.05, 0) is 57.4 Å². The molecule has 0 aliphatic carbocycles. The number of amides is 3. The standard InChI is InChI=1S/C25H35BrN4O4S/c1-4-29(5-2)16-10-8-15(9-11-16)28-23(33)21-25-14-17(26)20(35-25)18(22(32)27-3)19(25)24(34)30(21)12-6-7-13-31/h8-11,17-21,31H,4-7,12-14H2,1-3H3,(H,27,32)(H,28,33)/t17?,18-,19+,20-,21?,25?/m1/s1. The zero-order valence-corrected chi connectivity index (χ0v) is 22.9. The minimum atomic E-state index is -0.675. The van der Waals surface area contributed by atoms with Gasteiger partial charge in [-0.2, -0.15) is 0 Å². The highest BCUT2D eigenvalue weighted by Crippen LogP contribution is 2.67. The number of aliphatic hydroxyl groups excluding tert-OH is 1. The number of nitrogens with one attached hydrogen (secondary N) is 2. The van der Waals surface area contributed by atoms with Gasteiger partial charge in [0.1, 0.15) is 6.04 Å². The molecule has 3 fully saturated rings. The summed E-state index contributed by atoms with van der Waals surface area (Å²) in [6, 6.07) is 7.11. The second kappa shape index (κ2) is 10.7. The number of halogens is 1. The van der Waals surface area contributed by atoms with Gasteiger partial charge in [0.2, 0.25) is 17.7 Å². The number of benzene rings is 1. The van der Waals surface area contributed by atoms with Crippen LogP contribution in [0.4, 0.5) is 11.4 Å². The summed E-state index contributed by atoms with van der Waals surface area (Å²) < 4.78 is -0.655. The molecule has 4 rings (SSSR count). The maximum absolute atomic E-state index is 13.8. The predicted molar refractivity (Wildman–Crippen MR) is 143 cm³/mol. The van der Waals surface area contributed by atoms with Crippen molar-refractivity contribution in [1.29, 1.82) is 0 Å². The molecule has 3 aliphatic heterocycles. The van der Waals surface area contributed by atoms with Crippen LogP contribution in [-0.4, -0.2) is 81.9 Å². The first-order valence-electron chi connectivity index (χ1n) is 12.4. The molecular weight excluding hydrogens is 532 g/mol. The van der Waals surface area contributed by atoms with E-state index in [1.807, 2.05) is 24.3 Å². The molecule has 1 spiro atoms. The summed E-state index contributed by atoms with van der Waals surface area (Å²) in [4.78, 5) is 44.4. The number of rotatable bonds is 10. The van der Waals surface area contributed by atoms with Crippen LogP contribution in [0.5, 0.6) is 0 Å². The fourth-order valence-electron chi connectivity index (χ4n) is 6.09. The number of hydrogen-bond donors (Lipinski definition) is 3. The lowest BCUT2D eigenvalue weighted by Crippen LogP contribution is -2.53. The van der Waals surface area contributed by atoms with Crippen molar-refractivity contribution in [2.24, 2.45) is 11.8 Å². The number of aliphatic hydroxyl groups is 1. The van der Waals surface area contributed by atoms with Crippen LogP contribution >= 0.6 is 27.7 Å². The number of alkyl halides is 1. The molecule has 6 atom stereocenters. The fourth-order valence-corrected chi connectivity index (χ4v) is 9.70. The van der Waals surface area contributed by atoms with E-state index in [1.165, 1.54) is 0 Å². The third-order valence-electron chi connectivity index (χ3n) is 7.66. The third kappa shape index (κ3) is 4.46. The Bertz CT molecular complexity index is 959. The van der Waals surface area contributed by atoms with Gasteiger partial charge >= 0.3 is 0 Å². The monoisotopic (exact) mass is 566 g/mol. The van der Waals surface area contributed by atoms with Gasteiger partial charge in [-0.15, -0.1) is 11.8 Å². The lowest BCUT2D eigenvalue weighted by atomic mass is 9.70. The van der Waals surface area contributed by atoms with E-state index in [0.29, 0.717) is 31.5 Å². The Morgan fingerprint density at radius 2 is 1.89 bits per heavy atom. The molecule has 8 nitrogen and oxygen atoms in total. The number of carbonyl (C=O) groups is 3. The molecule has 0 saturated carbocycles. The molecule has 35 heavy (non-hydrogen) atoms. The number of carbonyl (C=O) groups excluding carboxylic acids is 3. The second-order valence-electron chi connectivity index (χ2n) is 9.45. The van der Waals surface area contributed by atoms with E-state index in [1.54, 1.807) is 23.7 Å². The molecule has 0 radical (unpaired) electrons. The van der Waals surface area contributed by atoms with Crippen molar-refractivity contribution in [3.8, 4) is 0 Å². The second-order valence-corrected chi connectivity index (χ2v) is 12.2. The fraction of sp³-hybridized carbons (Fsp3) is 0.640. The maximum Gasteiger partial charge on any atom is 0.248 e. The lowest BCUT2D eigenvalue weighted by molar-refractivity contribution is -0.139. The predicted octanol–water partition coefficient (Wildman–Crippen LogP) is 2.45. The molecule has 0 aromatic heterocycles. The zero-order valence-electron chi connectivity index (χ0n) is 20.5. The number of fused-ring (bicyclic) bond motifs is 1. The number of nitrogens with zero attached hydrogens (tertiary/aromatic N) is 2. The average Bonchev–Trinajstić information content (AvgIpc) is 3.44. The molecule has 192 valence electrons. The topological polar surface area (TPSA) is 102 Å². The van der Waals surface area contributed by atoms with E-state index in [0.717, 1.165) is 18.8 Å². The minimum absolute atomic E-state index is 0.0352. The van der Waals surface area contributed by atoms with E-state index < -0.39 is 22.6 Å². The summed E-state index contributed by atoms with van der Waals surface area (Å²) in [7, 11) is 1.60. The van der Waals surface area contributed by atoms with Crippen LogP contribution in [0.15, 0.2) is 24.3 Å². The first-order valence-corrected chi connectivity index (χ1v) is 14.2. The summed E-state index contributed by atoms with van der Waals surface area (Å²) in [5.74, 6) is -1.48. The molecule has 3 unspecified atom stereocenters. The summed E-state index contributed by atoms with van der Waals surface area (Å²) in [5.41, 5.74) is 1.78. The van der Waals surface area contributed by atoms with E-state index in [4.69, 9.17) is 0 Å². The van der Waals surface area contributed by atoms with Crippen molar-refractivity contribution < 1.29 is 19.5 Å². The van der Waals surface area contributed by atoms with Gasteiger partial charge in [0, 0.05) is 54.7 Å². The third-order valence-corrected chi connectivity index (χ3v) is 10.9. The zero-order chi connectivity index (χ0) is 25.3. The number of likely N-dealkylation sites (tertiary alicyclic amines) is 1. The molecule has 1 aromatic rings. The highest BCUT2D eigenvalue weighted by Gasteiger charge is 2.75. The largest absolute Gasteiger partial charge is 0.396 e. The normalized spacial score (nSPS) is 30.9. The van der Waals surface area contributed by atoms with Crippen molar-refractivity contribution in [1.82, 2.24) is 10.2 Å². The summed E-state index contributed by atoms with van der Waals surface area (Å²) >= 11 is 5.38. The summed E-state index contributed by atoms with van der Waals surface area (Å²) in [5, 5.41) is 15.0. The SMILES string of the molecule is CCN(CC)c1ccc(NC(=O)C2N(CCCCO)C(=O)[C@@H]3[C@@H](C(=O)NC)[C@@H]4SC23CC4Br)cc1. The highest BCUT2D eigenvalue weighted by molar-refractivity contribution is 9.09. The molecule has 3 saturated heterocycles. The van der Waals surface area contributed by atoms with Crippen molar-refractivity contribution in [3.05, 3.63) is 24.3 Å². The number of unbranched alkanes of at least 4 members (excludes halogenated alkanes) is 1. The van der Waals surface area contributed by atoms with Crippen molar-refractivity contribution in [2.75, 3.05) is 43.5 Å². The number of anilines is 2. The van der Waals surface area contributed by atoms with Crippen molar-refractivity contribution in [2.45, 2.75) is 54.0 Å². The molecule has 3 amide bonds. The van der Waals surface area contributed by atoms with Crippen LogP contribution in [0.2, 0.25) is 0 Å². The first kappa shape index (κ1) is 26.3. The Morgan fingerprint density at radius 3 is 2.49 bits per heavy atom. The quantitative estimate of drug-likeness (QED) is 0.297. The van der Waals surface area contributed by atoms with Crippen LogP contribution in [0, 0.1) is 11.8 Å². The van der Waals surface area contributed by atoms with Gasteiger partial charge in [-0.25, -0.2) is 0 Å². The van der Waals surface area contributed by atoms with E-state index in [-0.39, 0.29) is 34.4 Å². The molecule has 3 aliphatic rings. The van der Waals surface area contributed by atoms with E-state index >= 15 is 0 Å². The Hall–Kier alpha value is -1.78. The number of hydrogen-bond acceptors (Lipinski definition) is 6. The molecule has 3 heterocycles. The molecule has 2 bridgehead atoms. The lowest BCUT2D eigenvalue weighted by Gasteiger charge is -2.35. The van der Waals surface area contributed by atoms with Crippen molar-refractivity contribution in [3.63, 3.8) is 0 Å². The van der Waals surface area contributed by atoms with Crippen LogP contribution in [0.1, 0.15) is 33.1 Å².